The summed E-state index contributed by atoms with van der Waals surface area (Å²) in [4.78, 5) is 21.3. The van der Waals surface area contributed by atoms with Crippen LogP contribution in [0.5, 0.6) is 5.75 Å². The second kappa shape index (κ2) is 8.12. The fourth-order valence-corrected chi connectivity index (χ4v) is 3.74. The van der Waals surface area contributed by atoms with Crippen molar-refractivity contribution in [2.75, 3.05) is 18.9 Å². The monoisotopic (exact) mass is 359 g/mol. The van der Waals surface area contributed by atoms with Crippen molar-refractivity contribution in [3.8, 4) is 5.75 Å². The number of ether oxygens (including phenoxy) is 1. The molecular formula is C17H17N3O2S2. The van der Waals surface area contributed by atoms with Crippen molar-refractivity contribution < 1.29 is 9.53 Å². The zero-order chi connectivity index (χ0) is 16.8. The average Bonchev–Trinajstić information content (AvgIpc) is 3.06. The van der Waals surface area contributed by atoms with Crippen LogP contribution in [-0.4, -0.2) is 34.8 Å². The quantitative estimate of drug-likeness (QED) is 0.398. The summed E-state index contributed by atoms with van der Waals surface area (Å²) in [7, 11) is 0. The molecule has 2 aromatic heterocycles. The van der Waals surface area contributed by atoms with Crippen LogP contribution in [0.25, 0.3) is 10.2 Å². The number of fused-ring (bicyclic) bond motifs is 1. The molecule has 0 saturated heterocycles. The third-order valence-corrected chi connectivity index (χ3v) is 5.07. The molecule has 0 spiro atoms. The van der Waals surface area contributed by atoms with E-state index in [1.54, 1.807) is 11.3 Å². The summed E-state index contributed by atoms with van der Waals surface area (Å²) < 4.78 is 5.61. The van der Waals surface area contributed by atoms with E-state index in [4.69, 9.17) is 4.74 Å². The molecule has 0 unspecified atom stereocenters. The van der Waals surface area contributed by atoms with E-state index in [1.807, 2.05) is 42.6 Å². The highest BCUT2D eigenvalue weighted by Crippen LogP contribution is 2.27. The first kappa shape index (κ1) is 16.7. The van der Waals surface area contributed by atoms with Crippen LogP contribution in [0.2, 0.25) is 0 Å². The molecule has 124 valence electrons. The molecule has 1 N–H and O–H groups in total. The van der Waals surface area contributed by atoms with Gasteiger partial charge in [0.1, 0.15) is 28.5 Å². The van der Waals surface area contributed by atoms with Crippen LogP contribution >= 0.6 is 23.1 Å². The summed E-state index contributed by atoms with van der Waals surface area (Å²) in [6.07, 6.45) is 1.54. The lowest BCUT2D eigenvalue weighted by Crippen LogP contribution is -2.29. The molecular weight excluding hydrogens is 342 g/mol. The number of benzene rings is 1. The highest BCUT2D eigenvalue weighted by molar-refractivity contribution is 8.00. The highest BCUT2D eigenvalue weighted by atomic mass is 32.2. The molecule has 2 heterocycles. The Balaban J connectivity index is 1.41. The lowest BCUT2D eigenvalue weighted by molar-refractivity contribution is -0.118. The number of amides is 1. The molecule has 0 aliphatic heterocycles. The van der Waals surface area contributed by atoms with Gasteiger partial charge in [-0.2, -0.15) is 0 Å². The maximum Gasteiger partial charge on any atom is 0.230 e. The van der Waals surface area contributed by atoms with Gasteiger partial charge in [0, 0.05) is 5.39 Å². The molecule has 0 atom stereocenters. The van der Waals surface area contributed by atoms with Crippen molar-refractivity contribution in [2.24, 2.45) is 0 Å². The number of aromatic nitrogens is 2. The Hall–Kier alpha value is -2.12. The molecule has 24 heavy (non-hydrogen) atoms. The summed E-state index contributed by atoms with van der Waals surface area (Å²) in [5.74, 6) is 1.11. The maximum absolute atomic E-state index is 11.9. The van der Waals surface area contributed by atoms with Gasteiger partial charge in [-0.1, -0.05) is 23.9 Å². The van der Waals surface area contributed by atoms with Gasteiger partial charge in [-0.3, -0.25) is 4.79 Å². The van der Waals surface area contributed by atoms with Crippen LogP contribution in [-0.2, 0) is 4.79 Å². The summed E-state index contributed by atoms with van der Waals surface area (Å²) in [6, 6.07) is 9.83. The normalized spacial score (nSPS) is 10.7. The number of thioether (sulfide) groups is 1. The second-order valence-corrected chi connectivity index (χ2v) is 6.98. The Labute approximate surface area is 148 Å². The Morgan fingerprint density at radius 2 is 2.25 bits per heavy atom. The van der Waals surface area contributed by atoms with Crippen molar-refractivity contribution in [1.82, 2.24) is 15.3 Å². The Bertz CT molecular complexity index is 835. The third kappa shape index (κ3) is 4.46. The van der Waals surface area contributed by atoms with E-state index in [-0.39, 0.29) is 5.91 Å². The molecule has 5 nitrogen and oxygen atoms in total. The van der Waals surface area contributed by atoms with Crippen LogP contribution < -0.4 is 10.1 Å². The first-order valence-corrected chi connectivity index (χ1v) is 9.36. The predicted molar refractivity (Wildman–Crippen MR) is 97.8 cm³/mol. The molecule has 1 aromatic carbocycles. The Kier molecular flexibility index (Phi) is 5.66. The molecule has 0 saturated carbocycles. The van der Waals surface area contributed by atoms with E-state index in [2.05, 4.69) is 15.3 Å². The van der Waals surface area contributed by atoms with E-state index in [0.717, 1.165) is 26.6 Å². The van der Waals surface area contributed by atoms with E-state index >= 15 is 0 Å². The van der Waals surface area contributed by atoms with Crippen LogP contribution in [0.15, 0.2) is 47.1 Å². The zero-order valence-corrected chi connectivity index (χ0v) is 14.8. The molecule has 0 fully saturated rings. The van der Waals surface area contributed by atoms with Crippen LogP contribution in [0.3, 0.4) is 0 Å². The second-order valence-electron chi connectivity index (χ2n) is 5.12. The minimum Gasteiger partial charge on any atom is -0.492 e. The highest BCUT2D eigenvalue weighted by Gasteiger charge is 2.08. The van der Waals surface area contributed by atoms with Gasteiger partial charge >= 0.3 is 0 Å². The number of carbonyl (C=O) groups excluding carboxylic acids is 1. The van der Waals surface area contributed by atoms with Gasteiger partial charge in [-0.05, 0) is 36.1 Å². The van der Waals surface area contributed by atoms with Gasteiger partial charge < -0.3 is 10.1 Å². The van der Waals surface area contributed by atoms with Crippen molar-refractivity contribution >= 4 is 39.2 Å². The number of aryl methyl sites for hydroxylation is 1. The number of thiophene rings is 1. The number of carbonyl (C=O) groups is 1. The fourth-order valence-electron chi connectivity index (χ4n) is 2.13. The zero-order valence-electron chi connectivity index (χ0n) is 13.2. The van der Waals surface area contributed by atoms with E-state index in [0.29, 0.717) is 18.9 Å². The van der Waals surface area contributed by atoms with E-state index < -0.39 is 0 Å². The lowest BCUT2D eigenvalue weighted by Gasteiger charge is -2.08. The van der Waals surface area contributed by atoms with E-state index in [9.17, 15) is 4.79 Å². The summed E-state index contributed by atoms with van der Waals surface area (Å²) in [6.45, 7) is 2.94. The van der Waals surface area contributed by atoms with Crippen molar-refractivity contribution in [3.05, 3.63) is 47.6 Å². The van der Waals surface area contributed by atoms with Crippen molar-refractivity contribution in [1.29, 1.82) is 0 Å². The fraction of sp³-hybridized carbons (Fsp3) is 0.235. The number of rotatable bonds is 7. The van der Waals surface area contributed by atoms with Crippen LogP contribution in [0.4, 0.5) is 0 Å². The van der Waals surface area contributed by atoms with Crippen molar-refractivity contribution in [2.45, 2.75) is 11.9 Å². The molecule has 3 rings (SSSR count). The standard InChI is InChI=1S/C17H17N3O2S2/c1-12-3-2-4-13(9-12)22-7-6-18-15(21)10-24-17-14-5-8-23-16(14)19-11-20-17/h2-5,8-9,11H,6-7,10H2,1H3,(H,18,21). The molecule has 0 bridgehead atoms. The van der Waals surface area contributed by atoms with Crippen LogP contribution in [0.1, 0.15) is 5.56 Å². The van der Waals surface area contributed by atoms with Gasteiger partial charge in [0.2, 0.25) is 5.91 Å². The average molecular weight is 359 g/mol. The first-order chi connectivity index (χ1) is 11.7. The number of hydrogen-bond acceptors (Lipinski definition) is 6. The number of nitrogens with one attached hydrogen (secondary N) is 1. The van der Waals surface area contributed by atoms with Crippen molar-refractivity contribution in [3.63, 3.8) is 0 Å². The first-order valence-electron chi connectivity index (χ1n) is 7.49. The minimum atomic E-state index is -0.0326. The lowest BCUT2D eigenvalue weighted by atomic mass is 10.2. The topological polar surface area (TPSA) is 64.1 Å². The smallest absolute Gasteiger partial charge is 0.230 e. The van der Waals surface area contributed by atoms with Gasteiger partial charge in [0.15, 0.2) is 0 Å². The van der Waals surface area contributed by atoms with Gasteiger partial charge in [-0.15, -0.1) is 11.3 Å². The summed E-state index contributed by atoms with van der Waals surface area (Å²) in [5.41, 5.74) is 1.15. The van der Waals surface area contributed by atoms with E-state index in [1.165, 1.54) is 18.1 Å². The predicted octanol–water partition coefficient (Wildman–Crippen LogP) is 3.29. The van der Waals surface area contributed by atoms with Gasteiger partial charge in [0.25, 0.3) is 0 Å². The third-order valence-electron chi connectivity index (χ3n) is 3.25. The number of hydrogen-bond donors (Lipinski definition) is 1. The maximum atomic E-state index is 11.9. The molecule has 1 amide bonds. The largest absolute Gasteiger partial charge is 0.492 e. The Morgan fingerprint density at radius 3 is 3.12 bits per heavy atom. The summed E-state index contributed by atoms with van der Waals surface area (Å²) >= 11 is 2.99. The van der Waals surface area contributed by atoms with Crippen LogP contribution in [0, 0.1) is 6.92 Å². The molecule has 0 aliphatic rings. The molecule has 0 aliphatic carbocycles. The molecule has 0 radical (unpaired) electrons. The Morgan fingerprint density at radius 1 is 1.33 bits per heavy atom. The summed E-state index contributed by atoms with van der Waals surface area (Å²) in [5, 5.41) is 6.68. The minimum absolute atomic E-state index is 0.0326. The number of nitrogens with zero attached hydrogens (tertiary/aromatic N) is 2. The molecule has 3 aromatic rings. The van der Waals surface area contributed by atoms with Gasteiger partial charge in [-0.25, -0.2) is 9.97 Å². The SMILES string of the molecule is Cc1cccc(OCCNC(=O)CSc2ncnc3sccc23)c1. The van der Waals surface area contributed by atoms with Gasteiger partial charge in [0.05, 0.1) is 12.3 Å². The molecule has 7 heteroatoms.